The molecule has 1 amide bonds. The number of hydrogen-bond acceptors (Lipinski definition) is 5. The predicted molar refractivity (Wildman–Crippen MR) is 105 cm³/mol. The normalized spacial score (nSPS) is 11.0. The van der Waals surface area contributed by atoms with Crippen LogP contribution in [0.4, 0.5) is 0 Å². The van der Waals surface area contributed by atoms with Crippen LogP contribution in [0.3, 0.4) is 0 Å². The highest BCUT2D eigenvalue weighted by Gasteiger charge is 2.17. The Morgan fingerprint density at radius 1 is 1.15 bits per heavy atom. The average molecular weight is 369 g/mol. The predicted octanol–water partition coefficient (Wildman–Crippen LogP) is 1.29. The summed E-state index contributed by atoms with van der Waals surface area (Å²) in [6, 6.07) is 11.9. The van der Waals surface area contributed by atoms with Gasteiger partial charge in [0.2, 0.25) is 0 Å². The number of amides is 1. The Morgan fingerprint density at radius 3 is 2.37 bits per heavy atom. The van der Waals surface area contributed by atoms with Gasteiger partial charge >= 0.3 is 7.12 Å². The van der Waals surface area contributed by atoms with Crippen molar-refractivity contribution in [1.82, 2.24) is 5.32 Å². The molecule has 2 aromatic rings. The molecule has 27 heavy (non-hydrogen) atoms. The van der Waals surface area contributed by atoms with Crippen molar-refractivity contribution in [3.8, 4) is 5.75 Å². The highest BCUT2D eigenvalue weighted by Crippen LogP contribution is 2.24. The van der Waals surface area contributed by atoms with Gasteiger partial charge in [-0.25, -0.2) is 0 Å². The van der Waals surface area contributed by atoms with Crippen molar-refractivity contribution in [2.45, 2.75) is 26.2 Å². The van der Waals surface area contributed by atoms with Gasteiger partial charge in [0.25, 0.3) is 5.91 Å². The van der Waals surface area contributed by atoms with Gasteiger partial charge in [-0.15, -0.1) is 0 Å². The maximum Gasteiger partial charge on any atom is 0.489 e. The van der Waals surface area contributed by atoms with E-state index in [0.717, 1.165) is 5.75 Å². The van der Waals surface area contributed by atoms with Crippen LogP contribution in [0.15, 0.2) is 42.5 Å². The van der Waals surface area contributed by atoms with E-state index >= 15 is 0 Å². The first kappa shape index (κ1) is 20.7. The van der Waals surface area contributed by atoms with E-state index in [0.29, 0.717) is 19.4 Å². The minimum absolute atomic E-state index is 0.0589. The minimum atomic E-state index is -1.76. The van der Waals surface area contributed by atoms with Gasteiger partial charge in [0.15, 0.2) is 0 Å². The second kappa shape index (κ2) is 8.84. The maximum absolute atomic E-state index is 12.2. The fourth-order valence-corrected chi connectivity index (χ4v) is 2.54. The van der Waals surface area contributed by atoms with Crippen molar-refractivity contribution < 1.29 is 24.4 Å². The number of hydrogen-bond donors (Lipinski definition) is 3. The number of carbonyl (C=O) groups excluding carboxylic acids is 2. The SMILES string of the molecule is CC(C)(C)c1ccc(OCCNC(=O)c2ccc(B(O)O)c(C=O)c2)cc1. The molecule has 3 N–H and O–H groups in total. The van der Waals surface area contributed by atoms with Crippen LogP contribution in [0, 0.1) is 0 Å². The van der Waals surface area contributed by atoms with Gasteiger partial charge in [-0.2, -0.15) is 0 Å². The molecule has 0 fully saturated rings. The first-order chi connectivity index (χ1) is 12.7. The van der Waals surface area contributed by atoms with E-state index in [1.807, 2.05) is 24.3 Å². The lowest BCUT2D eigenvalue weighted by molar-refractivity contribution is 0.0947. The zero-order valence-electron chi connectivity index (χ0n) is 15.7. The van der Waals surface area contributed by atoms with Crippen LogP contribution in [0.1, 0.15) is 47.1 Å². The van der Waals surface area contributed by atoms with Crippen molar-refractivity contribution in [2.75, 3.05) is 13.2 Å². The molecule has 0 saturated heterocycles. The van der Waals surface area contributed by atoms with Crippen LogP contribution in [-0.2, 0) is 5.41 Å². The average Bonchev–Trinajstić information content (AvgIpc) is 2.64. The van der Waals surface area contributed by atoms with Crippen LogP contribution in [0.2, 0.25) is 0 Å². The van der Waals surface area contributed by atoms with Crippen molar-refractivity contribution in [2.24, 2.45) is 0 Å². The first-order valence-electron chi connectivity index (χ1n) is 8.69. The lowest BCUT2D eigenvalue weighted by Gasteiger charge is -2.19. The molecule has 2 rings (SSSR count). The third-order valence-corrected chi connectivity index (χ3v) is 4.13. The molecule has 0 heterocycles. The van der Waals surface area contributed by atoms with Crippen LogP contribution < -0.4 is 15.5 Å². The van der Waals surface area contributed by atoms with Crippen molar-refractivity contribution in [3.05, 3.63) is 59.2 Å². The Kier molecular flexibility index (Phi) is 6.77. The second-order valence-electron chi connectivity index (χ2n) is 7.21. The first-order valence-corrected chi connectivity index (χ1v) is 8.69. The third-order valence-electron chi connectivity index (χ3n) is 4.13. The van der Waals surface area contributed by atoms with Gasteiger partial charge in [0, 0.05) is 11.1 Å². The van der Waals surface area contributed by atoms with Crippen molar-refractivity contribution in [1.29, 1.82) is 0 Å². The molecular weight excluding hydrogens is 345 g/mol. The lowest BCUT2D eigenvalue weighted by atomic mass is 9.77. The summed E-state index contributed by atoms with van der Waals surface area (Å²) in [5, 5.41) is 21.1. The van der Waals surface area contributed by atoms with Crippen LogP contribution >= 0.6 is 0 Å². The molecule has 0 aromatic heterocycles. The monoisotopic (exact) mass is 369 g/mol. The number of rotatable bonds is 7. The molecule has 7 heteroatoms. The van der Waals surface area contributed by atoms with E-state index in [1.165, 1.54) is 23.8 Å². The highest BCUT2D eigenvalue weighted by atomic mass is 16.5. The van der Waals surface area contributed by atoms with Crippen LogP contribution in [-0.4, -0.2) is 42.5 Å². The summed E-state index contributed by atoms with van der Waals surface area (Å²) in [7, 11) is -1.76. The van der Waals surface area contributed by atoms with Crippen LogP contribution in [0.25, 0.3) is 0 Å². The van der Waals surface area contributed by atoms with E-state index in [9.17, 15) is 19.6 Å². The van der Waals surface area contributed by atoms with E-state index in [-0.39, 0.29) is 27.9 Å². The Bertz CT molecular complexity index is 797. The molecule has 0 spiro atoms. The number of carbonyl (C=O) groups is 2. The zero-order chi connectivity index (χ0) is 20.0. The Hall–Kier alpha value is -2.64. The van der Waals surface area contributed by atoms with Gasteiger partial charge in [-0.1, -0.05) is 39.0 Å². The molecule has 0 atom stereocenters. The Balaban J connectivity index is 1.87. The number of nitrogens with one attached hydrogen (secondary N) is 1. The zero-order valence-corrected chi connectivity index (χ0v) is 15.7. The molecule has 0 aliphatic heterocycles. The largest absolute Gasteiger partial charge is 0.492 e. The summed E-state index contributed by atoms with van der Waals surface area (Å²) in [4.78, 5) is 23.2. The molecule has 0 aliphatic rings. The van der Waals surface area contributed by atoms with Crippen molar-refractivity contribution >= 4 is 24.8 Å². The topological polar surface area (TPSA) is 95.9 Å². The fourth-order valence-electron chi connectivity index (χ4n) is 2.54. The minimum Gasteiger partial charge on any atom is -0.492 e. The summed E-state index contributed by atoms with van der Waals surface area (Å²) >= 11 is 0. The summed E-state index contributed by atoms with van der Waals surface area (Å²) in [6.07, 6.45) is 0.482. The third kappa shape index (κ3) is 5.67. The molecule has 0 unspecified atom stereocenters. The fraction of sp³-hybridized carbons (Fsp3) is 0.300. The maximum atomic E-state index is 12.2. The summed E-state index contributed by atoms with van der Waals surface area (Å²) < 4.78 is 5.62. The molecule has 142 valence electrons. The van der Waals surface area contributed by atoms with Gasteiger partial charge in [0.05, 0.1) is 6.54 Å². The Morgan fingerprint density at radius 2 is 1.81 bits per heavy atom. The standard InChI is InChI=1S/C20H24BNO5/c1-20(2,3)16-5-7-17(8-6-16)27-11-10-22-19(24)14-4-9-18(21(25)26)15(12-14)13-23/h4-9,12-13,25-26H,10-11H2,1-3H3,(H,22,24). The van der Waals surface area contributed by atoms with Gasteiger partial charge in [-0.05, 0) is 40.7 Å². The van der Waals surface area contributed by atoms with E-state index in [2.05, 4.69) is 26.1 Å². The summed E-state index contributed by atoms with van der Waals surface area (Å²) in [5.41, 5.74) is 1.67. The van der Waals surface area contributed by atoms with E-state index < -0.39 is 7.12 Å². The summed E-state index contributed by atoms with van der Waals surface area (Å²) in [6.45, 7) is 7.02. The van der Waals surface area contributed by atoms with E-state index in [1.54, 1.807) is 0 Å². The van der Waals surface area contributed by atoms with Gasteiger partial charge in [-0.3, -0.25) is 9.59 Å². The molecule has 0 aliphatic carbocycles. The Labute approximate surface area is 159 Å². The molecule has 0 radical (unpaired) electrons. The molecule has 0 bridgehead atoms. The van der Waals surface area contributed by atoms with Gasteiger partial charge < -0.3 is 20.1 Å². The summed E-state index contributed by atoms with van der Waals surface area (Å²) in [5.74, 6) is 0.352. The second-order valence-corrected chi connectivity index (χ2v) is 7.21. The lowest BCUT2D eigenvalue weighted by Crippen LogP contribution is -2.34. The molecular formula is C20H24BNO5. The van der Waals surface area contributed by atoms with Gasteiger partial charge in [0.1, 0.15) is 18.6 Å². The smallest absolute Gasteiger partial charge is 0.489 e. The van der Waals surface area contributed by atoms with E-state index in [4.69, 9.17) is 4.74 Å². The quantitative estimate of drug-likeness (QED) is 0.388. The number of ether oxygens (including phenoxy) is 1. The van der Waals surface area contributed by atoms with Crippen molar-refractivity contribution in [3.63, 3.8) is 0 Å². The van der Waals surface area contributed by atoms with Crippen LogP contribution in [0.5, 0.6) is 5.75 Å². The molecule has 6 nitrogen and oxygen atoms in total. The number of aldehydes is 1. The number of benzene rings is 2. The highest BCUT2D eigenvalue weighted by molar-refractivity contribution is 6.60. The molecule has 2 aromatic carbocycles. The molecule has 0 saturated carbocycles.